The van der Waals surface area contributed by atoms with Gasteiger partial charge in [0.1, 0.15) is 11.3 Å². The lowest BCUT2D eigenvalue weighted by Gasteiger charge is -2.29. The zero-order valence-corrected chi connectivity index (χ0v) is 16.5. The fraction of sp³-hybridized carbons (Fsp3) is 0.105. The number of thiocarbonyl (C=S) groups is 1. The maximum absolute atomic E-state index is 13.0. The van der Waals surface area contributed by atoms with Crippen LogP contribution in [0.5, 0.6) is 5.75 Å². The highest BCUT2D eigenvalue weighted by Gasteiger charge is 2.34. The summed E-state index contributed by atoms with van der Waals surface area (Å²) in [4.78, 5) is 26.6. The summed E-state index contributed by atoms with van der Waals surface area (Å²) in [7, 11) is 0. The molecule has 0 aliphatic carbocycles. The van der Waals surface area contributed by atoms with Crippen molar-refractivity contribution in [1.82, 2.24) is 5.32 Å². The minimum absolute atomic E-state index is 0.000554. The number of ether oxygens (including phenoxy) is 1. The second kappa shape index (κ2) is 8.08. The molecular formula is C19H14Cl2N2O3S. The highest BCUT2D eigenvalue weighted by molar-refractivity contribution is 7.80. The SMILES string of the molecule is CCOc1ccc(Cl)cc1/C=C1\C(=O)NC(=S)N(c2ccc(Cl)cc2)C1=O. The first-order valence-electron chi connectivity index (χ1n) is 8.00. The third kappa shape index (κ3) is 4.13. The molecule has 1 N–H and O–H groups in total. The zero-order chi connectivity index (χ0) is 19.6. The number of halogens is 2. The fourth-order valence-corrected chi connectivity index (χ4v) is 3.14. The van der Waals surface area contributed by atoms with E-state index in [1.54, 1.807) is 42.5 Å². The van der Waals surface area contributed by atoms with Crippen LogP contribution in [0.25, 0.3) is 6.08 Å². The Kier molecular flexibility index (Phi) is 5.79. The molecule has 1 saturated heterocycles. The number of amides is 2. The number of carbonyl (C=O) groups is 2. The van der Waals surface area contributed by atoms with Crippen LogP contribution in [0, 0.1) is 0 Å². The quantitative estimate of drug-likeness (QED) is 0.456. The number of carbonyl (C=O) groups excluding carboxylic acids is 2. The van der Waals surface area contributed by atoms with Crippen molar-refractivity contribution >= 4 is 64.1 Å². The molecule has 2 aromatic rings. The van der Waals surface area contributed by atoms with Crippen LogP contribution in [-0.4, -0.2) is 23.5 Å². The van der Waals surface area contributed by atoms with Gasteiger partial charge in [0, 0.05) is 15.6 Å². The molecule has 2 amide bonds. The molecule has 138 valence electrons. The van der Waals surface area contributed by atoms with Crippen LogP contribution in [-0.2, 0) is 9.59 Å². The van der Waals surface area contributed by atoms with Gasteiger partial charge < -0.3 is 4.74 Å². The number of benzene rings is 2. The van der Waals surface area contributed by atoms with Crippen LogP contribution >= 0.6 is 35.4 Å². The van der Waals surface area contributed by atoms with E-state index in [-0.39, 0.29) is 10.7 Å². The standard InChI is InChI=1S/C19H14Cl2N2O3S/c1-2-26-16-8-5-13(21)9-11(16)10-15-17(24)22-19(27)23(18(15)25)14-6-3-12(20)4-7-14/h3-10H,2H2,1H3,(H,22,24,27)/b15-10+. The van der Waals surface area contributed by atoms with Crippen LogP contribution < -0.4 is 15.0 Å². The Morgan fingerprint density at radius 3 is 2.44 bits per heavy atom. The first kappa shape index (κ1) is 19.4. The molecule has 1 heterocycles. The summed E-state index contributed by atoms with van der Waals surface area (Å²) >= 11 is 17.1. The average Bonchev–Trinajstić information content (AvgIpc) is 2.62. The minimum atomic E-state index is -0.586. The minimum Gasteiger partial charge on any atom is -0.493 e. The van der Waals surface area contributed by atoms with Gasteiger partial charge in [-0.05, 0) is 67.7 Å². The molecule has 0 saturated carbocycles. The molecular weight excluding hydrogens is 407 g/mol. The van der Waals surface area contributed by atoms with E-state index in [2.05, 4.69) is 5.32 Å². The molecule has 1 aliphatic heterocycles. The van der Waals surface area contributed by atoms with E-state index < -0.39 is 11.8 Å². The molecule has 0 unspecified atom stereocenters. The van der Waals surface area contributed by atoms with Crippen molar-refractivity contribution in [3.8, 4) is 5.75 Å². The Hall–Kier alpha value is -2.41. The highest BCUT2D eigenvalue weighted by atomic mass is 35.5. The third-order valence-electron chi connectivity index (χ3n) is 3.76. The summed E-state index contributed by atoms with van der Waals surface area (Å²) in [5.74, 6) is -0.618. The summed E-state index contributed by atoms with van der Waals surface area (Å²) in [6, 6.07) is 11.5. The van der Waals surface area contributed by atoms with Crippen LogP contribution in [0.2, 0.25) is 10.0 Å². The summed E-state index contributed by atoms with van der Waals surface area (Å²) in [6.07, 6.45) is 1.44. The lowest BCUT2D eigenvalue weighted by Crippen LogP contribution is -2.54. The Morgan fingerprint density at radius 1 is 1.11 bits per heavy atom. The number of hydrogen-bond acceptors (Lipinski definition) is 4. The number of hydrogen-bond donors (Lipinski definition) is 1. The predicted molar refractivity (Wildman–Crippen MR) is 110 cm³/mol. The van der Waals surface area contributed by atoms with Gasteiger partial charge in [-0.3, -0.25) is 19.8 Å². The summed E-state index contributed by atoms with van der Waals surface area (Å²) in [6.45, 7) is 2.27. The number of rotatable bonds is 4. The summed E-state index contributed by atoms with van der Waals surface area (Å²) in [5, 5.41) is 3.51. The van der Waals surface area contributed by atoms with E-state index in [1.807, 2.05) is 6.92 Å². The van der Waals surface area contributed by atoms with E-state index in [9.17, 15) is 9.59 Å². The number of nitrogens with one attached hydrogen (secondary N) is 1. The third-order valence-corrected chi connectivity index (χ3v) is 4.53. The van der Waals surface area contributed by atoms with E-state index >= 15 is 0 Å². The van der Waals surface area contributed by atoms with Crippen molar-refractivity contribution in [1.29, 1.82) is 0 Å². The number of nitrogens with zero attached hydrogens (tertiary/aromatic N) is 1. The van der Waals surface area contributed by atoms with Gasteiger partial charge in [-0.15, -0.1) is 0 Å². The Labute approximate surface area is 171 Å². The summed E-state index contributed by atoms with van der Waals surface area (Å²) in [5.41, 5.74) is 0.935. The molecule has 8 heteroatoms. The largest absolute Gasteiger partial charge is 0.493 e. The Balaban J connectivity index is 2.04. The zero-order valence-electron chi connectivity index (χ0n) is 14.2. The van der Waals surface area contributed by atoms with Gasteiger partial charge in [0.05, 0.1) is 12.3 Å². The van der Waals surface area contributed by atoms with Crippen molar-refractivity contribution in [2.24, 2.45) is 0 Å². The van der Waals surface area contributed by atoms with E-state index in [1.165, 1.54) is 11.0 Å². The lowest BCUT2D eigenvalue weighted by molar-refractivity contribution is -0.122. The maximum atomic E-state index is 13.0. The summed E-state index contributed by atoms with van der Waals surface area (Å²) < 4.78 is 5.55. The van der Waals surface area contributed by atoms with E-state index in [4.69, 9.17) is 40.2 Å². The molecule has 3 rings (SSSR count). The van der Waals surface area contributed by atoms with Gasteiger partial charge in [-0.25, -0.2) is 0 Å². The Bertz CT molecular complexity index is 958. The molecule has 2 aromatic carbocycles. The fourth-order valence-electron chi connectivity index (χ4n) is 2.56. The second-order valence-corrected chi connectivity index (χ2v) is 6.81. The molecule has 27 heavy (non-hydrogen) atoms. The van der Waals surface area contributed by atoms with Crippen LogP contribution in [0.15, 0.2) is 48.0 Å². The molecule has 0 spiro atoms. The van der Waals surface area contributed by atoms with Gasteiger partial charge >= 0.3 is 0 Å². The van der Waals surface area contributed by atoms with E-state index in [0.717, 1.165) is 0 Å². The maximum Gasteiger partial charge on any atom is 0.270 e. The molecule has 0 atom stereocenters. The van der Waals surface area contributed by atoms with Crippen molar-refractivity contribution in [3.05, 3.63) is 63.6 Å². The van der Waals surface area contributed by atoms with Gasteiger partial charge in [0.15, 0.2) is 5.11 Å². The van der Waals surface area contributed by atoms with Gasteiger partial charge in [0.25, 0.3) is 11.8 Å². The molecule has 5 nitrogen and oxygen atoms in total. The van der Waals surface area contributed by atoms with E-state index in [0.29, 0.717) is 33.7 Å². The predicted octanol–water partition coefficient (Wildman–Crippen LogP) is 4.22. The molecule has 0 radical (unpaired) electrons. The monoisotopic (exact) mass is 420 g/mol. The first-order chi connectivity index (χ1) is 12.9. The topological polar surface area (TPSA) is 58.6 Å². The Morgan fingerprint density at radius 2 is 1.78 bits per heavy atom. The van der Waals surface area contributed by atoms with Crippen molar-refractivity contribution in [2.75, 3.05) is 11.5 Å². The lowest BCUT2D eigenvalue weighted by atomic mass is 10.1. The first-order valence-corrected chi connectivity index (χ1v) is 9.16. The normalized spacial score (nSPS) is 15.9. The highest BCUT2D eigenvalue weighted by Crippen LogP contribution is 2.28. The molecule has 1 fully saturated rings. The van der Waals surface area contributed by atoms with Crippen LogP contribution in [0.4, 0.5) is 5.69 Å². The van der Waals surface area contributed by atoms with Crippen molar-refractivity contribution < 1.29 is 14.3 Å². The smallest absolute Gasteiger partial charge is 0.270 e. The molecule has 1 aliphatic rings. The van der Waals surface area contributed by atoms with Gasteiger partial charge in [-0.2, -0.15) is 0 Å². The van der Waals surface area contributed by atoms with Gasteiger partial charge in [-0.1, -0.05) is 23.2 Å². The van der Waals surface area contributed by atoms with Crippen molar-refractivity contribution in [3.63, 3.8) is 0 Å². The number of anilines is 1. The molecule has 0 aromatic heterocycles. The van der Waals surface area contributed by atoms with Crippen molar-refractivity contribution in [2.45, 2.75) is 6.92 Å². The van der Waals surface area contributed by atoms with Crippen LogP contribution in [0.3, 0.4) is 0 Å². The second-order valence-electron chi connectivity index (χ2n) is 5.55. The van der Waals surface area contributed by atoms with Gasteiger partial charge in [0.2, 0.25) is 0 Å². The average molecular weight is 421 g/mol. The molecule has 0 bridgehead atoms. The van der Waals surface area contributed by atoms with Crippen LogP contribution in [0.1, 0.15) is 12.5 Å².